The first-order valence-corrected chi connectivity index (χ1v) is 7.82. The van der Waals surface area contributed by atoms with Crippen LogP contribution in [-0.4, -0.2) is 17.3 Å². The molecule has 0 aliphatic carbocycles. The number of thiophene rings is 1. The van der Waals surface area contributed by atoms with Crippen LogP contribution in [0.15, 0.2) is 17.5 Å². The summed E-state index contributed by atoms with van der Waals surface area (Å²) in [7, 11) is 0. The van der Waals surface area contributed by atoms with Crippen molar-refractivity contribution in [2.75, 3.05) is 6.54 Å². The first kappa shape index (κ1) is 14.7. The van der Waals surface area contributed by atoms with Crippen LogP contribution in [0.25, 0.3) is 0 Å². The first-order valence-electron chi connectivity index (χ1n) is 6.02. The van der Waals surface area contributed by atoms with Crippen molar-refractivity contribution < 1.29 is 4.79 Å². The second-order valence-corrected chi connectivity index (χ2v) is 6.71. The van der Waals surface area contributed by atoms with Crippen LogP contribution in [0.2, 0.25) is 0 Å². The normalized spacial score (nSPS) is 12.7. The minimum absolute atomic E-state index is 0.159. The molecule has 1 unspecified atom stereocenters. The molecule has 96 valence electrons. The lowest BCUT2D eigenvalue weighted by Crippen LogP contribution is -2.31. The Morgan fingerprint density at radius 2 is 2.29 bits per heavy atom. The summed E-state index contributed by atoms with van der Waals surface area (Å²) in [5.74, 6) is 0.702. The molecule has 1 heterocycles. The zero-order valence-electron chi connectivity index (χ0n) is 10.4. The molecule has 0 bridgehead atoms. The third-order valence-electron chi connectivity index (χ3n) is 2.62. The van der Waals surface area contributed by atoms with Crippen LogP contribution in [0.4, 0.5) is 0 Å². The first-order chi connectivity index (χ1) is 8.09. The number of carbonyl (C=O) groups is 1. The predicted octanol–water partition coefficient (Wildman–Crippen LogP) is 3.61. The van der Waals surface area contributed by atoms with E-state index in [4.69, 9.17) is 0 Å². The van der Waals surface area contributed by atoms with Crippen molar-refractivity contribution in [1.82, 2.24) is 5.32 Å². The highest BCUT2D eigenvalue weighted by atomic mass is 79.9. The number of carbonyl (C=O) groups excluding carboxylic acids is 1. The lowest BCUT2D eigenvalue weighted by atomic mass is 10.1. The molecular weight excluding hydrogens is 298 g/mol. The summed E-state index contributed by atoms with van der Waals surface area (Å²) in [6.07, 6.45) is 2.56. The summed E-state index contributed by atoms with van der Waals surface area (Å²) in [4.78, 5) is 13.3. The number of alkyl halides is 1. The van der Waals surface area contributed by atoms with Gasteiger partial charge in [0.1, 0.15) is 0 Å². The highest BCUT2D eigenvalue weighted by Crippen LogP contribution is 2.12. The largest absolute Gasteiger partial charge is 0.355 e. The van der Waals surface area contributed by atoms with Crippen LogP contribution < -0.4 is 5.32 Å². The third kappa shape index (κ3) is 6.22. The molecule has 0 aromatic carbocycles. The van der Waals surface area contributed by atoms with Crippen molar-refractivity contribution in [3.8, 4) is 0 Å². The van der Waals surface area contributed by atoms with Crippen molar-refractivity contribution in [2.24, 2.45) is 5.92 Å². The number of amides is 1. The molecule has 0 radical (unpaired) electrons. The molecule has 0 aliphatic heterocycles. The van der Waals surface area contributed by atoms with E-state index in [1.165, 1.54) is 4.88 Å². The minimum Gasteiger partial charge on any atom is -0.355 e. The van der Waals surface area contributed by atoms with Gasteiger partial charge in [-0.1, -0.05) is 35.8 Å². The van der Waals surface area contributed by atoms with Gasteiger partial charge in [-0.2, -0.15) is 0 Å². The molecule has 1 rings (SSSR count). The smallest absolute Gasteiger partial charge is 0.220 e. The molecule has 2 nitrogen and oxygen atoms in total. The van der Waals surface area contributed by atoms with Gasteiger partial charge in [0.05, 0.1) is 0 Å². The molecule has 17 heavy (non-hydrogen) atoms. The van der Waals surface area contributed by atoms with Crippen LogP contribution in [0, 0.1) is 5.92 Å². The summed E-state index contributed by atoms with van der Waals surface area (Å²) < 4.78 is 0. The molecule has 0 aliphatic rings. The maximum Gasteiger partial charge on any atom is 0.220 e. The molecule has 1 amide bonds. The summed E-state index contributed by atoms with van der Waals surface area (Å²) in [5.41, 5.74) is 0. The van der Waals surface area contributed by atoms with Gasteiger partial charge >= 0.3 is 0 Å². The van der Waals surface area contributed by atoms with E-state index < -0.39 is 0 Å². The summed E-state index contributed by atoms with van der Waals surface area (Å²) in [5, 5.41) is 5.04. The number of halogens is 1. The molecule has 4 heteroatoms. The summed E-state index contributed by atoms with van der Waals surface area (Å²) in [6, 6.07) is 4.17. The number of hydrogen-bond donors (Lipinski definition) is 1. The Morgan fingerprint density at radius 3 is 2.88 bits per heavy atom. The second kappa shape index (κ2) is 7.88. The predicted molar refractivity (Wildman–Crippen MR) is 77.8 cm³/mol. The van der Waals surface area contributed by atoms with E-state index >= 15 is 0 Å². The maximum atomic E-state index is 11.6. The standard InChI is InChI=1S/C13H20BrNOS/c1-10(2)12(14)9-15-13(16)7-3-5-11-6-4-8-17-11/h4,6,8,10,12H,3,5,7,9H2,1-2H3,(H,15,16). The summed E-state index contributed by atoms with van der Waals surface area (Å²) in [6.45, 7) is 5.00. The second-order valence-electron chi connectivity index (χ2n) is 4.50. The third-order valence-corrected chi connectivity index (χ3v) is 4.94. The van der Waals surface area contributed by atoms with Crippen molar-refractivity contribution in [2.45, 2.75) is 37.9 Å². The van der Waals surface area contributed by atoms with Gasteiger partial charge in [0.25, 0.3) is 0 Å². The maximum absolute atomic E-state index is 11.6. The van der Waals surface area contributed by atoms with Crippen LogP contribution in [0.5, 0.6) is 0 Å². The van der Waals surface area contributed by atoms with Gasteiger partial charge in [-0.3, -0.25) is 4.79 Å². The fourth-order valence-corrected chi connectivity index (χ4v) is 2.33. The molecule has 1 aromatic rings. The van der Waals surface area contributed by atoms with Gasteiger partial charge in [-0.05, 0) is 30.2 Å². The average molecular weight is 318 g/mol. The average Bonchev–Trinajstić information content (AvgIpc) is 2.78. The molecular formula is C13H20BrNOS. The fraction of sp³-hybridized carbons (Fsp3) is 0.615. The number of aryl methyl sites for hydroxylation is 1. The van der Waals surface area contributed by atoms with Crippen molar-refractivity contribution in [3.05, 3.63) is 22.4 Å². The lowest BCUT2D eigenvalue weighted by Gasteiger charge is -2.14. The van der Waals surface area contributed by atoms with E-state index in [1.807, 2.05) is 0 Å². The van der Waals surface area contributed by atoms with Gasteiger partial charge in [-0.25, -0.2) is 0 Å². The number of nitrogens with one attached hydrogen (secondary N) is 1. The SMILES string of the molecule is CC(C)C(Br)CNC(=O)CCCc1cccs1. The van der Waals surface area contributed by atoms with Gasteiger partial charge in [0, 0.05) is 22.7 Å². The fourth-order valence-electron chi connectivity index (χ4n) is 1.41. The van der Waals surface area contributed by atoms with E-state index in [0.29, 0.717) is 17.2 Å². The van der Waals surface area contributed by atoms with Gasteiger partial charge in [-0.15, -0.1) is 11.3 Å². The Balaban J connectivity index is 2.09. The van der Waals surface area contributed by atoms with Crippen LogP contribution >= 0.6 is 27.3 Å². The zero-order valence-corrected chi connectivity index (χ0v) is 12.8. The lowest BCUT2D eigenvalue weighted by molar-refractivity contribution is -0.121. The van der Waals surface area contributed by atoms with Crippen molar-refractivity contribution in [1.29, 1.82) is 0 Å². The topological polar surface area (TPSA) is 29.1 Å². The Labute approximate surface area is 116 Å². The molecule has 0 spiro atoms. The molecule has 0 fully saturated rings. The van der Waals surface area contributed by atoms with Gasteiger partial charge in [0.15, 0.2) is 0 Å². The summed E-state index contributed by atoms with van der Waals surface area (Å²) >= 11 is 5.31. The number of hydrogen-bond acceptors (Lipinski definition) is 2. The molecule has 0 saturated heterocycles. The Morgan fingerprint density at radius 1 is 1.53 bits per heavy atom. The van der Waals surface area contributed by atoms with Crippen molar-refractivity contribution >= 4 is 33.2 Å². The van der Waals surface area contributed by atoms with E-state index in [-0.39, 0.29) is 5.91 Å². The Hall–Kier alpha value is -0.350. The van der Waals surface area contributed by atoms with E-state index in [9.17, 15) is 4.79 Å². The number of rotatable bonds is 7. The highest BCUT2D eigenvalue weighted by molar-refractivity contribution is 9.09. The van der Waals surface area contributed by atoms with E-state index in [2.05, 4.69) is 52.6 Å². The van der Waals surface area contributed by atoms with Crippen LogP contribution in [0.1, 0.15) is 31.6 Å². The molecule has 0 saturated carbocycles. The van der Waals surface area contributed by atoms with E-state index in [1.54, 1.807) is 11.3 Å². The zero-order chi connectivity index (χ0) is 12.7. The van der Waals surface area contributed by atoms with Crippen LogP contribution in [0.3, 0.4) is 0 Å². The van der Waals surface area contributed by atoms with Crippen molar-refractivity contribution in [3.63, 3.8) is 0 Å². The Bertz CT molecular complexity index is 324. The van der Waals surface area contributed by atoms with Crippen LogP contribution in [-0.2, 0) is 11.2 Å². The molecule has 1 N–H and O–H groups in total. The molecule has 1 atom stereocenters. The minimum atomic E-state index is 0.159. The highest BCUT2D eigenvalue weighted by Gasteiger charge is 2.10. The quantitative estimate of drug-likeness (QED) is 0.765. The molecule has 1 aromatic heterocycles. The van der Waals surface area contributed by atoms with E-state index in [0.717, 1.165) is 19.4 Å². The Kier molecular flexibility index (Phi) is 6.82. The monoisotopic (exact) mass is 317 g/mol. The van der Waals surface area contributed by atoms with Gasteiger partial charge in [0.2, 0.25) is 5.91 Å². The van der Waals surface area contributed by atoms with Gasteiger partial charge < -0.3 is 5.32 Å².